The summed E-state index contributed by atoms with van der Waals surface area (Å²) >= 11 is 1.76. The monoisotopic (exact) mass is 744 g/mol. The molecule has 0 fully saturated rings. The summed E-state index contributed by atoms with van der Waals surface area (Å²) in [5.74, 6) is 0. The van der Waals surface area contributed by atoms with E-state index in [1.165, 1.54) is 53.9 Å². The Hall–Kier alpha value is -7.34. The van der Waals surface area contributed by atoms with Crippen molar-refractivity contribution in [2.45, 2.75) is 0 Å². The quantitative estimate of drug-likeness (QED) is 0.176. The molecule has 0 saturated carbocycles. The molecule has 4 aromatic heterocycles. The standard InChI is InChI=1S/C52H32N4S/c1-5-22-45-40(18-1)41-19-2-6-23-46(41)55(45)38-16-10-13-34(29-38)33-12-9-15-37(28-33)50-52-51(54-32-53-50)44-31-36(26-27-49(44)57-52)35-14-11-17-39(30-35)56-47-24-7-3-20-42(47)43-21-4-8-25-48(43)56/h1-32H. The summed E-state index contributed by atoms with van der Waals surface area (Å²) in [6.45, 7) is 0. The van der Waals surface area contributed by atoms with Gasteiger partial charge in [0.05, 0.1) is 38.0 Å². The fourth-order valence-electron chi connectivity index (χ4n) is 8.86. The van der Waals surface area contributed by atoms with Crippen LogP contribution in [0.2, 0.25) is 0 Å². The average Bonchev–Trinajstić information content (AvgIpc) is 3.94. The molecule has 0 aliphatic heterocycles. The van der Waals surface area contributed by atoms with Crippen LogP contribution in [0.5, 0.6) is 0 Å². The van der Waals surface area contributed by atoms with Crippen molar-refractivity contribution >= 4 is 75.3 Å². The Morgan fingerprint density at radius 2 is 0.807 bits per heavy atom. The van der Waals surface area contributed by atoms with Crippen LogP contribution in [0.1, 0.15) is 0 Å². The van der Waals surface area contributed by atoms with Crippen molar-refractivity contribution in [2.24, 2.45) is 0 Å². The van der Waals surface area contributed by atoms with Gasteiger partial charge in [0.2, 0.25) is 0 Å². The highest BCUT2D eigenvalue weighted by molar-refractivity contribution is 7.26. The summed E-state index contributed by atoms with van der Waals surface area (Å²) in [6.07, 6.45) is 1.72. The predicted molar refractivity (Wildman–Crippen MR) is 240 cm³/mol. The first-order chi connectivity index (χ1) is 28.3. The molecule has 57 heavy (non-hydrogen) atoms. The first-order valence-electron chi connectivity index (χ1n) is 19.2. The second kappa shape index (κ2) is 12.6. The predicted octanol–water partition coefficient (Wildman–Crippen LogP) is 14.0. The van der Waals surface area contributed by atoms with Crippen LogP contribution >= 0.6 is 11.3 Å². The van der Waals surface area contributed by atoms with Gasteiger partial charge >= 0.3 is 0 Å². The molecule has 5 heteroatoms. The molecule has 0 atom stereocenters. The molecule has 0 spiro atoms. The Morgan fingerprint density at radius 1 is 0.351 bits per heavy atom. The highest BCUT2D eigenvalue weighted by Crippen LogP contribution is 2.41. The van der Waals surface area contributed by atoms with E-state index < -0.39 is 0 Å². The molecule has 0 saturated heterocycles. The average molecular weight is 745 g/mol. The van der Waals surface area contributed by atoms with Gasteiger partial charge < -0.3 is 9.13 Å². The first-order valence-corrected chi connectivity index (χ1v) is 20.0. The minimum Gasteiger partial charge on any atom is -0.309 e. The number of aromatic nitrogens is 4. The number of para-hydroxylation sites is 4. The molecule has 0 unspecified atom stereocenters. The van der Waals surface area contributed by atoms with Crippen LogP contribution in [0.25, 0.3) is 109 Å². The lowest BCUT2D eigenvalue weighted by Crippen LogP contribution is -1.94. The molecule has 8 aromatic carbocycles. The van der Waals surface area contributed by atoms with Crippen LogP contribution in [0.3, 0.4) is 0 Å². The van der Waals surface area contributed by atoms with E-state index in [0.717, 1.165) is 54.9 Å². The van der Waals surface area contributed by atoms with Gasteiger partial charge in [-0.25, -0.2) is 9.97 Å². The van der Waals surface area contributed by atoms with Gasteiger partial charge in [-0.05, 0) is 89.0 Å². The van der Waals surface area contributed by atoms with Crippen molar-refractivity contribution in [3.8, 4) is 44.9 Å². The Bertz CT molecular complexity index is 3440. The van der Waals surface area contributed by atoms with Gasteiger partial charge in [0.25, 0.3) is 0 Å². The second-order valence-corrected chi connectivity index (χ2v) is 15.7. The Balaban J connectivity index is 0.933. The van der Waals surface area contributed by atoms with Crippen molar-refractivity contribution < 1.29 is 0 Å². The first kappa shape index (κ1) is 32.0. The second-order valence-electron chi connectivity index (χ2n) is 14.6. The smallest absolute Gasteiger partial charge is 0.116 e. The highest BCUT2D eigenvalue weighted by atomic mass is 32.1. The van der Waals surface area contributed by atoms with Gasteiger partial charge in [-0.1, -0.05) is 121 Å². The molecular formula is C52H32N4S. The van der Waals surface area contributed by atoms with E-state index in [1.807, 2.05) is 0 Å². The number of thiophene rings is 1. The number of rotatable bonds is 5. The molecule has 12 aromatic rings. The topological polar surface area (TPSA) is 35.6 Å². The molecule has 0 amide bonds. The number of benzene rings is 8. The maximum absolute atomic E-state index is 4.90. The van der Waals surface area contributed by atoms with E-state index in [-0.39, 0.29) is 0 Å². The maximum atomic E-state index is 4.90. The third-order valence-electron chi connectivity index (χ3n) is 11.4. The lowest BCUT2D eigenvalue weighted by Gasteiger charge is -2.11. The van der Waals surface area contributed by atoms with E-state index in [4.69, 9.17) is 9.97 Å². The summed E-state index contributed by atoms with van der Waals surface area (Å²) in [6, 6.07) is 67.9. The van der Waals surface area contributed by atoms with E-state index >= 15 is 0 Å². The lowest BCUT2D eigenvalue weighted by molar-refractivity contribution is 1.18. The zero-order chi connectivity index (χ0) is 37.5. The maximum Gasteiger partial charge on any atom is 0.116 e. The Labute approximate surface area is 332 Å². The largest absolute Gasteiger partial charge is 0.309 e. The van der Waals surface area contributed by atoms with Crippen LogP contribution < -0.4 is 0 Å². The molecule has 0 aliphatic carbocycles. The fraction of sp³-hybridized carbons (Fsp3) is 0. The van der Waals surface area contributed by atoms with Crippen molar-refractivity contribution in [1.82, 2.24) is 19.1 Å². The highest BCUT2D eigenvalue weighted by Gasteiger charge is 2.17. The van der Waals surface area contributed by atoms with Crippen molar-refractivity contribution in [1.29, 1.82) is 0 Å². The number of fused-ring (bicyclic) bond motifs is 9. The summed E-state index contributed by atoms with van der Waals surface area (Å²) < 4.78 is 7.04. The summed E-state index contributed by atoms with van der Waals surface area (Å²) in [5, 5.41) is 6.19. The molecule has 0 N–H and O–H groups in total. The van der Waals surface area contributed by atoms with E-state index in [0.29, 0.717) is 0 Å². The zero-order valence-corrected chi connectivity index (χ0v) is 31.5. The fourth-order valence-corrected chi connectivity index (χ4v) is 10.0. The SMILES string of the molecule is c1cc(-c2cccc(-n3c4ccccc4c4ccccc43)c2)cc(-c2ncnc3c2sc2ccc(-c4cccc(-n5c6ccccc6c6ccccc65)c4)cc23)c1. The summed E-state index contributed by atoms with van der Waals surface area (Å²) in [4.78, 5) is 9.78. The Morgan fingerprint density at radius 3 is 1.35 bits per heavy atom. The molecule has 4 heterocycles. The van der Waals surface area contributed by atoms with Crippen LogP contribution in [-0.4, -0.2) is 19.1 Å². The molecule has 266 valence electrons. The van der Waals surface area contributed by atoms with Crippen LogP contribution in [-0.2, 0) is 0 Å². The third-order valence-corrected chi connectivity index (χ3v) is 12.6. The van der Waals surface area contributed by atoms with E-state index in [2.05, 4.69) is 197 Å². The molecule has 0 radical (unpaired) electrons. The van der Waals surface area contributed by atoms with Crippen LogP contribution in [0, 0.1) is 0 Å². The van der Waals surface area contributed by atoms with E-state index in [1.54, 1.807) is 17.7 Å². The number of nitrogens with zero attached hydrogens (tertiary/aromatic N) is 4. The minimum atomic E-state index is 0.955. The summed E-state index contributed by atoms with van der Waals surface area (Å²) in [7, 11) is 0. The molecular weight excluding hydrogens is 713 g/mol. The summed E-state index contributed by atoms with van der Waals surface area (Å²) in [5.41, 5.74) is 14.8. The van der Waals surface area contributed by atoms with Crippen molar-refractivity contribution in [2.75, 3.05) is 0 Å². The van der Waals surface area contributed by atoms with Gasteiger partial charge in [0.1, 0.15) is 6.33 Å². The van der Waals surface area contributed by atoms with Gasteiger partial charge in [0.15, 0.2) is 0 Å². The lowest BCUT2D eigenvalue weighted by atomic mass is 10.0. The van der Waals surface area contributed by atoms with Crippen LogP contribution in [0.15, 0.2) is 194 Å². The van der Waals surface area contributed by atoms with E-state index in [9.17, 15) is 0 Å². The van der Waals surface area contributed by atoms with Gasteiger partial charge in [-0.15, -0.1) is 11.3 Å². The van der Waals surface area contributed by atoms with Crippen molar-refractivity contribution in [3.05, 3.63) is 194 Å². The normalized spacial score (nSPS) is 11.9. The van der Waals surface area contributed by atoms with Gasteiger partial charge in [-0.3, -0.25) is 0 Å². The zero-order valence-electron chi connectivity index (χ0n) is 30.7. The third kappa shape index (κ3) is 4.99. The molecule has 0 aliphatic rings. The van der Waals surface area contributed by atoms with Crippen molar-refractivity contribution in [3.63, 3.8) is 0 Å². The number of hydrogen-bond donors (Lipinski definition) is 0. The number of hydrogen-bond acceptors (Lipinski definition) is 3. The molecule has 0 bridgehead atoms. The molecule has 4 nitrogen and oxygen atoms in total. The minimum absolute atomic E-state index is 0.955. The van der Waals surface area contributed by atoms with Crippen LogP contribution in [0.4, 0.5) is 0 Å². The molecule has 12 rings (SSSR count). The Kier molecular flexibility index (Phi) is 7.06. The van der Waals surface area contributed by atoms with Gasteiger partial charge in [-0.2, -0.15) is 0 Å². The van der Waals surface area contributed by atoms with Gasteiger partial charge in [0, 0.05) is 48.6 Å².